The van der Waals surface area contributed by atoms with Crippen molar-refractivity contribution in [2.24, 2.45) is 0 Å². The van der Waals surface area contributed by atoms with Crippen LogP contribution in [0.4, 0.5) is 5.82 Å². The third kappa shape index (κ3) is 2.67. The van der Waals surface area contributed by atoms with Crippen molar-refractivity contribution in [1.29, 1.82) is 0 Å². The van der Waals surface area contributed by atoms with Gasteiger partial charge in [-0.05, 0) is 12.2 Å². The topological polar surface area (TPSA) is 65.6 Å². The van der Waals surface area contributed by atoms with Crippen molar-refractivity contribution in [3.63, 3.8) is 0 Å². The molecule has 0 saturated carbocycles. The van der Waals surface area contributed by atoms with Gasteiger partial charge in [0.2, 0.25) is 0 Å². The molecule has 1 heterocycles. The minimum absolute atomic E-state index is 0.504. The molecular formula is C6H9N5S. The minimum Gasteiger partial charge on any atom is -0.359 e. The van der Waals surface area contributed by atoms with Crippen LogP contribution < -0.4 is 10.6 Å². The first kappa shape index (κ1) is 8.66. The predicted molar refractivity (Wildman–Crippen MR) is 50.8 cm³/mol. The number of nitrogens with one attached hydrogen (secondary N) is 3. The molecule has 0 aromatic carbocycles. The van der Waals surface area contributed by atoms with Crippen LogP contribution in [-0.4, -0.2) is 27.1 Å². The fourth-order valence-electron chi connectivity index (χ4n) is 0.587. The highest BCUT2D eigenvalue weighted by Gasteiger charge is 1.96. The Morgan fingerprint density at radius 1 is 1.83 bits per heavy atom. The van der Waals surface area contributed by atoms with Crippen molar-refractivity contribution in [3.8, 4) is 0 Å². The van der Waals surface area contributed by atoms with Gasteiger partial charge in [-0.25, -0.2) is 0 Å². The highest BCUT2D eigenvalue weighted by molar-refractivity contribution is 7.80. The van der Waals surface area contributed by atoms with E-state index >= 15 is 0 Å². The van der Waals surface area contributed by atoms with Crippen molar-refractivity contribution >= 4 is 23.1 Å². The maximum atomic E-state index is 4.92. The van der Waals surface area contributed by atoms with Crippen molar-refractivity contribution < 1.29 is 0 Å². The van der Waals surface area contributed by atoms with Gasteiger partial charge in [-0.1, -0.05) is 6.08 Å². The second-order valence-electron chi connectivity index (χ2n) is 1.98. The van der Waals surface area contributed by atoms with Crippen LogP contribution in [0.5, 0.6) is 0 Å². The monoisotopic (exact) mass is 183 g/mol. The fraction of sp³-hybridized carbons (Fsp3) is 0.167. The number of aromatic amines is 1. The van der Waals surface area contributed by atoms with Crippen LogP contribution >= 0.6 is 12.2 Å². The van der Waals surface area contributed by atoms with Crippen LogP contribution in [0.1, 0.15) is 0 Å². The molecular weight excluding hydrogens is 174 g/mol. The molecule has 1 aromatic heterocycles. The van der Waals surface area contributed by atoms with E-state index in [1.807, 2.05) is 0 Å². The van der Waals surface area contributed by atoms with Gasteiger partial charge in [-0.2, -0.15) is 10.3 Å². The molecule has 0 aliphatic rings. The number of nitrogens with zero attached hydrogens (tertiary/aromatic N) is 2. The lowest BCUT2D eigenvalue weighted by Gasteiger charge is -2.04. The van der Waals surface area contributed by atoms with Crippen LogP contribution in [0.25, 0.3) is 0 Å². The van der Waals surface area contributed by atoms with E-state index in [0.29, 0.717) is 17.5 Å². The number of rotatable bonds is 3. The zero-order chi connectivity index (χ0) is 8.81. The van der Waals surface area contributed by atoms with Crippen molar-refractivity contribution in [2.75, 3.05) is 11.9 Å². The number of hydrogen-bond donors (Lipinski definition) is 3. The van der Waals surface area contributed by atoms with Gasteiger partial charge in [0, 0.05) is 6.54 Å². The highest BCUT2D eigenvalue weighted by Crippen LogP contribution is 1.94. The summed E-state index contributed by atoms with van der Waals surface area (Å²) in [7, 11) is 0. The van der Waals surface area contributed by atoms with Gasteiger partial charge in [0.25, 0.3) is 0 Å². The Kier molecular flexibility index (Phi) is 3.21. The van der Waals surface area contributed by atoms with Gasteiger partial charge in [0.15, 0.2) is 10.9 Å². The van der Waals surface area contributed by atoms with Gasteiger partial charge >= 0.3 is 0 Å². The molecule has 0 radical (unpaired) electrons. The average Bonchev–Trinajstić information content (AvgIpc) is 2.53. The molecule has 1 rings (SSSR count). The summed E-state index contributed by atoms with van der Waals surface area (Å²) in [6, 6.07) is 0. The zero-order valence-electron chi connectivity index (χ0n) is 6.37. The summed E-state index contributed by atoms with van der Waals surface area (Å²) >= 11 is 4.92. The maximum absolute atomic E-state index is 4.92. The van der Waals surface area contributed by atoms with E-state index in [0.717, 1.165) is 0 Å². The summed E-state index contributed by atoms with van der Waals surface area (Å²) in [6.45, 7) is 4.17. The van der Waals surface area contributed by atoms with E-state index in [1.54, 1.807) is 12.3 Å². The molecule has 0 fully saturated rings. The summed E-state index contributed by atoms with van der Waals surface area (Å²) in [5.74, 6) is 0.594. The lowest BCUT2D eigenvalue weighted by atomic mass is 10.6. The Bertz CT molecular complexity index is 255. The molecule has 0 aliphatic heterocycles. The Balaban J connectivity index is 2.32. The standard InChI is InChI=1S/C6H9N5S/c1-2-3-7-6(12)9-5-4-8-11-10-5/h2,4H,1,3H2,(H3,7,8,9,10,11,12). The number of H-pyrrole nitrogens is 1. The van der Waals surface area contributed by atoms with Crippen LogP contribution in [0.2, 0.25) is 0 Å². The number of thiocarbonyl (C=S) groups is 1. The van der Waals surface area contributed by atoms with Gasteiger partial charge in [0.1, 0.15) is 0 Å². The van der Waals surface area contributed by atoms with Gasteiger partial charge < -0.3 is 10.6 Å². The average molecular weight is 183 g/mol. The Labute approximate surface area is 75.2 Å². The van der Waals surface area contributed by atoms with E-state index in [9.17, 15) is 0 Å². The lowest BCUT2D eigenvalue weighted by molar-refractivity contribution is 0.941. The summed E-state index contributed by atoms with van der Waals surface area (Å²) < 4.78 is 0. The second kappa shape index (κ2) is 4.45. The molecule has 6 heteroatoms. The zero-order valence-corrected chi connectivity index (χ0v) is 7.19. The van der Waals surface area contributed by atoms with E-state index < -0.39 is 0 Å². The van der Waals surface area contributed by atoms with Gasteiger partial charge in [0.05, 0.1) is 6.20 Å². The van der Waals surface area contributed by atoms with Crippen LogP contribution in [-0.2, 0) is 0 Å². The first-order chi connectivity index (χ1) is 5.83. The molecule has 0 saturated heterocycles. The first-order valence-corrected chi connectivity index (χ1v) is 3.75. The Morgan fingerprint density at radius 2 is 2.67 bits per heavy atom. The SMILES string of the molecule is C=CCNC(=S)Nc1cn[nH]n1. The smallest absolute Gasteiger partial charge is 0.174 e. The van der Waals surface area contributed by atoms with Crippen LogP contribution in [0, 0.1) is 0 Å². The number of aromatic nitrogens is 3. The molecule has 0 spiro atoms. The number of anilines is 1. The molecule has 64 valence electrons. The van der Waals surface area contributed by atoms with Crippen LogP contribution in [0.15, 0.2) is 18.9 Å². The molecule has 12 heavy (non-hydrogen) atoms. The summed E-state index contributed by atoms with van der Waals surface area (Å²) in [5, 5.41) is 16.1. The van der Waals surface area contributed by atoms with Gasteiger partial charge in [-0.15, -0.1) is 11.7 Å². The lowest BCUT2D eigenvalue weighted by Crippen LogP contribution is -2.28. The highest BCUT2D eigenvalue weighted by atomic mass is 32.1. The Morgan fingerprint density at radius 3 is 3.25 bits per heavy atom. The van der Waals surface area contributed by atoms with E-state index in [2.05, 4.69) is 32.6 Å². The molecule has 0 unspecified atom stereocenters. The van der Waals surface area contributed by atoms with E-state index in [4.69, 9.17) is 12.2 Å². The second-order valence-corrected chi connectivity index (χ2v) is 2.39. The van der Waals surface area contributed by atoms with Crippen molar-refractivity contribution in [2.45, 2.75) is 0 Å². The van der Waals surface area contributed by atoms with Crippen molar-refractivity contribution in [3.05, 3.63) is 18.9 Å². The first-order valence-electron chi connectivity index (χ1n) is 3.34. The number of hydrogen-bond acceptors (Lipinski definition) is 3. The quantitative estimate of drug-likeness (QED) is 0.464. The molecule has 5 nitrogen and oxygen atoms in total. The summed E-state index contributed by atoms with van der Waals surface area (Å²) in [6.07, 6.45) is 3.26. The fourth-order valence-corrected chi connectivity index (χ4v) is 0.775. The predicted octanol–water partition coefficient (Wildman–Crippen LogP) is 0.277. The van der Waals surface area contributed by atoms with E-state index in [1.165, 1.54) is 0 Å². The van der Waals surface area contributed by atoms with Gasteiger partial charge in [-0.3, -0.25) is 0 Å². The molecule has 0 atom stereocenters. The molecule has 0 aliphatic carbocycles. The molecule has 0 amide bonds. The largest absolute Gasteiger partial charge is 0.359 e. The summed E-state index contributed by atoms with van der Waals surface area (Å²) in [4.78, 5) is 0. The molecule has 1 aromatic rings. The molecule has 0 bridgehead atoms. The maximum Gasteiger partial charge on any atom is 0.174 e. The molecule has 3 N–H and O–H groups in total. The van der Waals surface area contributed by atoms with E-state index in [-0.39, 0.29) is 0 Å². The van der Waals surface area contributed by atoms with Crippen molar-refractivity contribution in [1.82, 2.24) is 20.7 Å². The third-order valence-electron chi connectivity index (χ3n) is 1.06. The Hall–Kier alpha value is -1.43. The minimum atomic E-state index is 0.504. The summed E-state index contributed by atoms with van der Waals surface area (Å²) in [5.41, 5.74) is 0. The third-order valence-corrected chi connectivity index (χ3v) is 1.31. The normalized spacial score (nSPS) is 9.00. The van der Waals surface area contributed by atoms with Crippen LogP contribution in [0.3, 0.4) is 0 Å².